The van der Waals surface area contributed by atoms with Gasteiger partial charge in [0.05, 0.1) is 0 Å². The predicted molar refractivity (Wildman–Crippen MR) is 108 cm³/mol. The highest BCUT2D eigenvalue weighted by molar-refractivity contribution is 5.92. The normalized spacial score (nSPS) is 10.4. The Morgan fingerprint density at radius 3 is 2.04 bits per heavy atom. The van der Waals surface area contributed by atoms with Gasteiger partial charge in [-0.1, -0.05) is 60.7 Å². The summed E-state index contributed by atoms with van der Waals surface area (Å²) >= 11 is 0. The van der Waals surface area contributed by atoms with Crippen LogP contribution < -0.4 is 10.6 Å². The number of aryl methyl sites for hydroxylation is 1. The van der Waals surface area contributed by atoms with Gasteiger partial charge in [-0.2, -0.15) is 0 Å². The van der Waals surface area contributed by atoms with Crippen molar-refractivity contribution in [1.29, 1.82) is 0 Å². The van der Waals surface area contributed by atoms with E-state index in [2.05, 4.69) is 45.1 Å². The fourth-order valence-corrected chi connectivity index (χ4v) is 2.76. The molecule has 0 spiro atoms. The topological polar surface area (TPSA) is 66.9 Å². The van der Waals surface area contributed by atoms with Gasteiger partial charge in [-0.05, 0) is 42.5 Å². The third kappa shape index (κ3) is 6.22. The van der Waals surface area contributed by atoms with Gasteiger partial charge in [0, 0.05) is 13.1 Å². The second-order valence-electron chi connectivity index (χ2n) is 6.31. The first-order valence-electron chi connectivity index (χ1n) is 9.25. The lowest BCUT2D eigenvalue weighted by atomic mass is 10.1. The fraction of sp³-hybridized carbons (Fsp3) is 0.227. The van der Waals surface area contributed by atoms with E-state index < -0.39 is 0 Å². The van der Waals surface area contributed by atoms with Crippen LogP contribution in [0.3, 0.4) is 0 Å². The van der Waals surface area contributed by atoms with E-state index in [0.717, 1.165) is 25.8 Å². The number of hydrogen-bond acceptors (Lipinski definition) is 4. The van der Waals surface area contributed by atoms with Gasteiger partial charge in [0.15, 0.2) is 5.69 Å². The molecule has 0 bridgehead atoms. The molecule has 0 unspecified atom stereocenters. The quantitative estimate of drug-likeness (QED) is 0.573. The summed E-state index contributed by atoms with van der Waals surface area (Å²) in [6.45, 7) is 1.39. The number of hydrogen-bond donors (Lipinski definition) is 2. The highest BCUT2D eigenvalue weighted by atomic mass is 16.1. The first kappa shape index (κ1) is 18.6. The SMILES string of the molecule is O=C(NCCc1ccccc1)c1ccc(NCCCc2ccccc2)nn1. The van der Waals surface area contributed by atoms with Crippen LogP contribution in [-0.4, -0.2) is 29.2 Å². The highest BCUT2D eigenvalue weighted by Gasteiger charge is 2.07. The van der Waals surface area contributed by atoms with Crippen molar-refractivity contribution < 1.29 is 4.79 Å². The molecule has 0 atom stereocenters. The number of carbonyl (C=O) groups excluding carboxylic acids is 1. The lowest BCUT2D eigenvalue weighted by molar-refractivity contribution is 0.0948. The number of carbonyl (C=O) groups is 1. The minimum Gasteiger partial charge on any atom is -0.369 e. The molecule has 0 aliphatic rings. The maximum absolute atomic E-state index is 12.1. The average molecular weight is 360 g/mol. The summed E-state index contributed by atoms with van der Waals surface area (Å²) in [4.78, 5) is 12.1. The maximum atomic E-state index is 12.1. The lowest BCUT2D eigenvalue weighted by Crippen LogP contribution is -2.26. The molecule has 1 heterocycles. The summed E-state index contributed by atoms with van der Waals surface area (Å²) in [5.74, 6) is 0.484. The Morgan fingerprint density at radius 2 is 1.41 bits per heavy atom. The summed E-state index contributed by atoms with van der Waals surface area (Å²) in [5.41, 5.74) is 2.85. The zero-order valence-corrected chi connectivity index (χ0v) is 15.3. The monoisotopic (exact) mass is 360 g/mol. The van der Waals surface area contributed by atoms with E-state index in [-0.39, 0.29) is 5.91 Å². The van der Waals surface area contributed by atoms with Crippen LogP contribution >= 0.6 is 0 Å². The van der Waals surface area contributed by atoms with Crippen molar-refractivity contribution in [3.8, 4) is 0 Å². The molecule has 5 nitrogen and oxygen atoms in total. The molecule has 1 amide bonds. The Bertz CT molecular complexity index is 820. The number of rotatable bonds is 9. The molecule has 1 aromatic heterocycles. The molecule has 0 aliphatic carbocycles. The first-order valence-corrected chi connectivity index (χ1v) is 9.25. The van der Waals surface area contributed by atoms with Gasteiger partial charge in [0.25, 0.3) is 5.91 Å². The van der Waals surface area contributed by atoms with Crippen LogP contribution in [-0.2, 0) is 12.8 Å². The molecule has 138 valence electrons. The van der Waals surface area contributed by atoms with Crippen LogP contribution in [0.1, 0.15) is 28.0 Å². The van der Waals surface area contributed by atoms with Gasteiger partial charge in [-0.15, -0.1) is 10.2 Å². The van der Waals surface area contributed by atoms with Gasteiger partial charge in [0.2, 0.25) is 0 Å². The van der Waals surface area contributed by atoms with Crippen LogP contribution in [0.2, 0.25) is 0 Å². The van der Waals surface area contributed by atoms with Crippen LogP contribution in [0, 0.1) is 0 Å². The predicted octanol–water partition coefficient (Wildman–Crippen LogP) is 3.49. The zero-order chi connectivity index (χ0) is 18.7. The molecular weight excluding hydrogens is 336 g/mol. The largest absolute Gasteiger partial charge is 0.369 e. The number of nitrogens with zero attached hydrogens (tertiary/aromatic N) is 2. The molecular formula is C22H24N4O. The first-order chi connectivity index (χ1) is 13.3. The molecule has 2 N–H and O–H groups in total. The van der Waals surface area contributed by atoms with Crippen LogP contribution in [0.4, 0.5) is 5.82 Å². The van der Waals surface area contributed by atoms with Gasteiger partial charge in [0.1, 0.15) is 5.82 Å². The van der Waals surface area contributed by atoms with E-state index in [1.807, 2.05) is 36.4 Å². The van der Waals surface area contributed by atoms with Crippen LogP contribution in [0.15, 0.2) is 72.8 Å². The highest BCUT2D eigenvalue weighted by Crippen LogP contribution is 2.05. The van der Waals surface area contributed by atoms with E-state index in [9.17, 15) is 4.79 Å². The lowest BCUT2D eigenvalue weighted by Gasteiger charge is -2.07. The number of anilines is 1. The summed E-state index contributed by atoms with van der Waals surface area (Å²) in [7, 11) is 0. The molecule has 2 aromatic carbocycles. The minimum atomic E-state index is -0.200. The Labute approximate surface area is 159 Å². The molecule has 5 heteroatoms. The Hall–Kier alpha value is -3.21. The zero-order valence-electron chi connectivity index (χ0n) is 15.3. The summed E-state index contributed by atoms with van der Waals surface area (Å²) < 4.78 is 0. The Morgan fingerprint density at radius 1 is 0.741 bits per heavy atom. The van der Waals surface area contributed by atoms with Crippen LogP contribution in [0.5, 0.6) is 0 Å². The summed E-state index contributed by atoms with van der Waals surface area (Å²) in [6, 6.07) is 23.9. The minimum absolute atomic E-state index is 0.200. The molecule has 3 rings (SSSR count). The van der Waals surface area contributed by atoms with E-state index in [1.165, 1.54) is 11.1 Å². The van der Waals surface area contributed by atoms with Crippen molar-refractivity contribution in [3.05, 3.63) is 89.6 Å². The molecule has 0 saturated carbocycles. The standard InChI is InChI=1S/C22H24N4O/c27-22(24-17-15-19-10-5-2-6-11-19)20-13-14-21(26-25-20)23-16-7-12-18-8-3-1-4-9-18/h1-6,8-11,13-14H,7,12,15-17H2,(H,23,26)(H,24,27). The number of aromatic nitrogens is 2. The smallest absolute Gasteiger partial charge is 0.271 e. The summed E-state index contributed by atoms with van der Waals surface area (Å²) in [5, 5.41) is 14.2. The van der Waals surface area contributed by atoms with E-state index in [1.54, 1.807) is 12.1 Å². The van der Waals surface area contributed by atoms with Crippen LogP contribution in [0.25, 0.3) is 0 Å². The third-order valence-electron chi connectivity index (χ3n) is 4.23. The average Bonchev–Trinajstić information content (AvgIpc) is 2.73. The van der Waals surface area contributed by atoms with E-state index in [0.29, 0.717) is 18.1 Å². The molecule has 27 heavy (non-hydrogen) atoms. The van der Waals surface area contributed by atoms with Crippen molar-refractivity contribution >= 4 is 11.7 Å². The van der Waals surface area contributed by atoms with Gasteiger partial charge < -0.3 is 10.6 Å². The van der Waals surface area contributed by atoms with Crippen molar-refractivity contribution in [2.24, 2.45) is 0 Å². The van der Waals surface area contributed by atoms with Gasteiger partial charge in [-0.3, -0.25) is 4.79 Å². The second kappa shape index (κ2) is 10.1. The van der Waals surface area contributed by atoms with E-state index >= 15 is 0 Å². The number of nitrogens with one attached hydrogen (secondary N) is 2. The molecule has 0 fully saturated rings. The van der Waals surface area contributed by atoms with Crippen molar-refractivity contribution in [3.63, 3.8) is 0 Å². The molecule has 0 radical (unpaired) electrons. The fourth-order valence-electron chi connectivity index (χ4n) is 2.76. The molecule has 0 saturated heterocycles. The van der Waals surface area contributed by atoms with Crippen molar-refractivity contribution in [1.82, 2.24) is 15.5 Å². The Kier molecular flexibility index (Phi) is 6.92. The van der Waals surface area contributed by atoms with Gasteiger partial charge in [-0.25, -0.2) is 0 Å². The molecule has 0 aliphatic heterocycles. The van der Waals surface area contributed by atoms with Gasteiger partial charge >= 0.3 is 0 Å². The van der Waals surface area contributed by atoms with Crippen molar-refractivity contribution in [2.45, 2.75) is 19.3 Å². The summed E-state index contributed by atoms with van der Waals surface area (Å²) in [6.07, 6.45) is 2.82. The Balaban J connectivity index is 1.38. The van der Waals surface area contributed by atoms with Crippen molar-refractivity contribution in [2.75, 3.05) is 18.4 Å². The number of benzene rings is 2. The maximum Gasteiger partial charge on any atom is 0.271 e. The van der Waals surface area contributed by atoms with E-state index in [4.69, 9.17) is 0 Å². The number of amides is 1. The molecule has 3 aromatic rings. The second-order valence-corrected chi connectivity index (χ2v) is 6.31. The third-order valence-corrected chi connectivity index (χ3v) is 4.23.